The number of aliphatic imine (C=N–C) groups is 1. The molecule has 0 spiro atoms. The first-order chi connectivity index (χ1) is 9.80. The normalized spacial score (nSPS) is 12.2. The van der Waals surface area contributed by atoms with Gasteiger partial charge in [-0.1, -0.05) is 44.6 Å². The zero-order chi connectivity index (χ0) is 15.2. The zero-order valence-electron chi connectivity index (χ0n) is 13.6. The van der Waals surface area contributed by atoms with Crippen molar-refractivity contribution in [2.45, 2.75) is 47.0 Å². The predicted octanol–water partition coefficient (Wildman–Crippen LogP) is 5.02. The number of pyridine rings is 1. The summed E-state index contributed by atoms with van der Waals surface area (Å²) in [5, 5.41) is 0. The molecule has 1 aromatic heterocycles. The van der Waals surface area contributed by atoms with Crippen molar-refractivity contribution in [3.05, 3.63) is 53.9 Å². The van der Waals surface area contributed by atoms with Crippen molar-refractivity contribution in [3.63, 3.8) is 0 Å². The molecule has 0 N–H and O–H groups in total. The van der Waals surface area contributed by atoms with E-state index in [1.165, 1.54) is 5.57 Å². The highest BCUT2D eigenvalue weighted by molar-refractivity contribution is 5.96. The van der Waals surface area contributed by atoms with E-state index >= 15 is 0 Å². The Morgan fingerprint density at radius 3 is 2.55 bits per heavy atom. The van der Waals surface area contributed by atoms with Crippen LogP contribution in [-0.4, -0.2) is 17.7 Å². The van der Waals surface area contributed by atoms with Gasteiger partial charge in [0.25, 0.3) is 0 Å². The molecule has 1 rings (SSSR count). The molecule has 0 atom stereocenters. The Morgan fingerprint density at radius 2 is 2.05 bits per heavy atom. The van der Waals surface area contributed by atoms with Crippen molar-refractivity contribution in [1.82, 2.24) is 4.98 Å². The minimum absolute atomic E-state index is 0.908. The minimum atomic E-state index is 0.908. The summed E-state index contributed by atoms with van der Waals surface area (Å²) in [6.45, 7) is 8.18. The van der Waals surface area contributed by atoms with E-state index in [9.17, 15) is 0 Å². The lowest BCUT2D eigenvalue weighted by Crippen LogP contribution is -2.01. The summed E-state index contributed by atoms with van der Waals surface area (Å²) in [5.41, 5.74) is 3.62. The molecule has 110 valence electrons. The van der Waals surface area contributed by atoms with Gasteiger partial charge in [-0.2, -0.15) is 0 Å². The first-order valence-corrected chi connectivity index (χ1v) is 7.46. The van der Waals surface area contributed by atoms with E-state index in [0.29, 0.717) is 0 Å². The maximum Gasteiger partial charge on any atom is 0.0444 e. The van der Waals surface area contributed by atoms with E-state index < -0.39 is 0 Å². The molecule has 0 aromatic carbocycles. The highest BCUT2D eigenvalue weighted by Crippen LogP contribution is 2.12. The molecule has 2 heteroatoms. The van der Waals surface area contributed by atoms with Gasteiger partial charge in [0, 0.05) is 37.5 Å². The minimum Gasteiger partial charge on any atom is -0.293 e. The lowest BCUT2D eigenvalue weighted by molar-refractivity contribution is 0.996. The Kier molecular flexibility index (Phi) is 11.3. The van der Waals surface area contributed by atoms with Crippen LogP contribution in [-0.2, 0) is 6.42 Å². The average Bonchev–Trinajstić information content (AvgIpc) is 2.50. The molecule has 0 aliphatic rings. The molecule has 0 amide bonds. The third-order valence-corrected chi connectivity index (χ3v) is 2.68. The molecule has 0 aliphatic heterocycles. The topological polar surface area (TPSA) is 25.2 Å². The molecule has 0 saturated heterocycles. The molecular weight excluding hydrogens is 244 g/mol. The van der Waals surface area contributed by atoms with Crippen LogP contribution in [0.4, 0.5) is 0 Å². The number of hydrogen-bond donors (Lipinski definition) is 0. The molecule has 20 heavy (non-hydrogen) atoms. The van der Waals surface area contributed by atoms with Crippen LogP contribution in [0.15, 0.2) is 53.2 Å². The van der Waals surface area contributed by atoms with Gasteiger partial charge in [-0.25, -0.2) is 0 Å². The number of hydrogen-bond acceptors (Lipinski definition) is 2. The Bertz CT molecular complexity index is 428. The molecule has 1 aromatic rings. The predicted molar refractivity (Wildman–Crippen MR) is 90.5 cm³/mol. The van der Waals surface area contributed by atoms with Gasteiger partial charge in [0.05, 0.1) is 0 Å². The Labute approximate surface area is 124 Å². The van der Waals surface area contributed by atoms with Crippen LogP contribution in [0, 0.1) is 0 Å². The number of aromatic nitrogens is 1. The summed E-state index contributed by atoms with van der Waals surface area (Å²) >= 11 is 0. The second-order valence-corrected chi connectivity index (χ2v) is 4.16. The van der Waals surface area contributed by atoms with Crippen LogP contribution >= 0.6 is 0 Å². The van der Waals surface area contributed by atoms with Gasteiger partial charge in [0.15, 0.2) is 0 Å². The van der Waals surface area contributed by atoms with Crippen molar-refractivity contribution < 1.29 is 0 Å². The number of allylic oxidation sites excluding steroid dienone is 4. The maximum absolute atomic E-state index is 4.38. The van der Waals surface area contributed by atoms with Gasteiger partial charge in [-0.15, -0.1) is 0 Å². The third-order valence-electron chi connectivity index (χ3n) is 2.68. The molecule has 1 heterocycles. The molecule has 0 aliphatic carbocycles. The molecule has 0 bridgehead atoms. The lowest BCUT2D eigenvalue weighted by Gasteiger charge is -2.07. The van der Waals surface area contributed by atoms with E-state index in [2.05, 4.69) is 35.1 Å². The van der Waals surface area contributed by atoms with Gasteiger partial charge in [-0.3, -0.25) is 9.98 Å². The van der Waals surface area contributed by atoms with Crippen LogP contribution < -0.4 is 0 Å². The molecule has 0 unspecified atom stereocenters. The van der Waals surface area contributed by atoms with Crippen molar-refractivity contribution in [2.75, 3.05) is 7.05 Å². The Morgan fingerprint density at radius 1 is 1.30 bits per heavy atom. The Balaban J connectivity index is 0.00000172. The van der Waals surface area contributed by atoms with Crippen molar-refractivity contribution in [3.8, 4) is 0 Å². The monoisotopic (exact) mass is 272 g/mol. The van der Waals surface area contributed by atoms with Crippen molar-refractivity contribution >= 4 is 5.71 Å². The van der Waals surface area contributed by atoms with E-state index in [1.54, 1.807) is 0 Å². The Hall–Kier alpha value is -1.70. The van der Waals surface area contributed by atoms with Gasteiger partial charge >= 0.3 is 0 Å². The SMILES string of the molecule is C/C=C\C(CC(=CCC)Cc1ccccn1)=NC.CC. The molecule has 0 saturated carbocycles. The molecule has 0 radical (unpaired) electrons. The number of nitrogens with zero attached hydrogens (tertiary/aromatic N) is 2. The van der Waals surface area contributed by atoms with Crippen molar-refractivity contribution in [1.29, 1.82) is 0 Å². The van der Waals surface area contributed by atoms with Gasteiger partial charge in [0.2, 0.25) is 0 Å². The summed E-state index contributed by atoms with van der Waals surface area (Å²) < 4.78 is 0. The largest absolute Gasteiger partial charge is 0.293 e. The smallest absolute Gasteiger partial charge is 0.0444 e. The lowest BCUT2D eigenvalue weighted by atomic mass is 10.0. The number of rotatable bonds is 6. The standard InChI is InChI=1S/C16H22N2.C2H6/c1-4-8-14(12-15(17-3)9-5-2)13-16-10-6-7-11-18-16;1-2/h5-11H,4,12-13H2,1-3H3;1-2H3/b9-5-,14-8?,17-15?;. The summed E-state index contributed by atoms with van der Waals surface area (Å²) in [7, 11) is 1.85. The highest BCUT2D eigenvalue weighted by Gasteiger charge is 2.03. The van der Waals surface area contributed by atoms with Gasteiger partial charge in [-0.05, 0) is 31.6 Å². The van der Waals surface area contributed by atoms with E-state index in [-0.39, 0.29) is 0 Å². The second kappa shape index (κ2) is 12.3. The van der Waals surface area contributed by atoms with E-state index in [0.717, 1.165) is 30.7 Å². The molecular formula is C18H28N2. The van der Waals surface area contributed by atoms with Crippen LogP contribution in [0.5, 0.6) is 0 Å². The summed E-state index contributed by atoms with van der Waals surface area (Å²) in [6.07, 6.45) is 11.1. The fourth-order valence-corrected chi connectivity index (χ4v) is 1.87. The average molecular weight is 272 g/mol. The van der Waals surface area contributed by atoms with Gasteiger partial charge in [0.1, 0.15) is 0 Å². The maximum atomic E-state index is 4.38. The highest BCUT2D eigenvalue weighted by atomic mass is 14.7. The molecule has 0 fully saturated rings. The fourth-order valence-electron chi connectivity index (χ4n) is 1.87. The zero-order valence-corrected chi connectivity index (χ0v) is 13.6. The first-order valence-electron chi connectivity index (χ1n) is 7.46. The van der Waals surface area contributed by atoms with Crippen LogP contribution in [0.3, 0.4) is 0 Å². The van der Waals surface area contributed by atoms with Crippen LogP contribution in [0.25, 0.3) is 0 Å². The first kappa shape index (κ1) is 18.3. The fraction of sp³-hybridized carbons (Fsp3) is 0.444. The van der Waals surface area contributed by atoms with Crippen molar-refractivity contribution in [2.24, 2.45) is 4.99 Å². The second-order valence-electron chi connectivity index (χ2n) is 4.16. The molecule has 2 nitrogen and oxygen atoms in total. The quantitative estimate of drug-likeness (QED) is 0.527. The summed E-state index contributed by atoms with van der Waals surface area (Å²) in [6, 6.07) is 6.06. The van der Waals surface area contributed by atoms with E-state index in [1.807, 2.05) is 52.2 Å². The van der Waals surface area contributed by atoms with E-state index in [4.69, 9.17) is 0 Å². The third kappa shape index (κ3) is 7.67. The summed E-state index contributed by atoms with van der Waals surface area (Å²) in [5.74, 6) is 0. The van der Waals surface area contributed by atoms with Crippen LogP contribution in [0.1, 0.15) is 46.2 Å². The van der Waals surface area contributed by atoms with Gasteiger partial charge < -0.3 is 0 Å². The van der Waals surface area contributed by atoms with Crippen LogP contribution in [0.2, 0.25) is 0 Å². The summed E-state index contributed by atoms with van der Waals surface area (Å²) in [4.78, 5) is 8.69.